The molecule has 0 radical (unpaired) electrons. The SMILES string of the molecule is COc1cccc(/C=C2\N=C(c3sc4cc(Cl)cc(Cl)c4c3Cl)OC2=O)c1. The van der Waals surface area contributed by atoms with Gasteiger partial charge in [0.05, 0.1) is 17.2 Å². The van der Waals surface area contributed by atoms with Crippen LogP contribution >= 0.6 is 46.1 Å². The number of nitrogens with zero attached hydrogens (tertiary/aromatic N) is 1. The van der Waals surface area contributed by atoms with E-state index in [1.165, 1.54) is 11.3 Å². The predicted molar refractivity (Wildman–Crippen MR) is 110 cm³/mol. The van der Waals surface area contributed by atoms with Gasteiger partial charge in [0, 0.05) is 15.1 Å². The molecule has 0 fully saturated rings. The van der Waals surface area contributed by atoms with Crippen LogP contribution in [0.5, 0.6) is 5.75 Å². The van der Waals surface area contributed by atoms with E-state index >= 15 is 0 Å². The number of cyclic esters (lactones) is 1. The van der Waals surface area contributed by atoms with E-state index in [1.807, 2.05) is 18.2 Å². The van der Waals surface area contributed by atoms with Crippen LogP contribution < -0.4 is 4.74 Å². The molecule has 2 aromatic carbocycles. The molecule has 0 N–H and O–H groups in total. The molecule has 1 aromatic heterocycles. The van der Waals surface area contributed by atoms with Crippen molar-refractivity contribution in [1.29, 1.82) is 0 Å². The van der Waals surface area contributed by atoms with Crippen molar-refractivity contribution in [3.05, 3.63) is 67.6 Å². The third-order valence-electron chi connectivity index (χ3n) is 3.86. The van der Waals surface area contributed by atoms with Crippen LogP contribution in [0.4, 0.5) is 0 Å². The summed E-state index contributed by atoms with van der Waals surface area (Å²) < 4.78 is 11.3. The summed E-state index contributed by atoms with van der Waals surface area (Å²) in [7, 11) is 1.58. The molecule has 1 aliphatic heterocycles. The van der Waals surface area contributed by atoms with Crippen molar-refractivity contribution in [2.24, 2.45) is 4.99 Å². The quantitative estimate of drug-likeness (QED) is 0.360. The Morgan fingerprint density at radius 1 is 1.19 bits per heavy atom. The molecular formula is C19H10Cl3NO3S. The van der Waals surface area contributed by atoms with Gasteiger partial charge in [-0.05, 0) is 35.9 Å². The summed E-state index contributed by atoms with van der Waals surface area (Å²) in [6.45, 7) is 0. The Hall–Kier alpha value is -2.05. The lowest BCUT2D eigenvalue weighted by molar-refractivity contribution is -0.129. The second-order valence-corrected chi connectivity index (χ2v) is 7.89. The second-order valence-electron chi connectivity index (χ2n) is 5.62. The molecule has 1 aliphatic rings. The van der Waals surface area contributed by atoms with Crippen molar-refractivity contribution in [1.82, 2.24) is 0 Å². The van der Waals surface area contributed by atoms with Gasteiger partial charge in [-0.1, -0.05) is 46.9 Å². The predicted octanol–water partition coefficient (Wildman–Crippen LogP) is 6.21. The molecule has 2 heterocycles. The fourth-order valence-electron chi connectivity index (χ4n) is 2.64. The van der Waals surface area contributed by atoms with E-state index in [9.17, 15) is 4.79 Å². The Bertz CT molecular complexity index is 1150. The Balaban J connectivity index is 1.77. The number of thiophene rings is 1. The highest BCUT2D eigenvalue weighted by Gasteiger charge is 2.28. The molecule has 0 aliphatic carbocycles. The van der Waals surface area contributed by atoms with E-state index < -0.39 is 5.97 Å². The average molecular weight is 439 g/mol. The molecule has 0 saturated heterocycles. The number of hydrogen-bond donors (Lipinski definition) is 0. The van der Waals surface area contributed by atoms with Crippen molar-refractivity contribution in [3.8, 4) is 5.75 Å². The van der Waals surface area contributed by atoms with Gasteiger partial charge < -0.3 is 9.47 Å². The molecule has 4 nitrogen and oxygen atoms in total. The molecule has 0 saturated carbocycles. The highest BCUT2D eigenvalue weighted by molar-refractivity contribution is 7.21. The number of aliphatic imine (C=N–C) groups is 1. The number of hydrogen-bond acceptors (Lipinski definition) is 5. The second kappa shape index (κ2) is 7.17. The highest BCUT2D eigenvalue weighted by Crippen LogP contribution is 2.42. The largest absolute Gasteiger partial charge is 0.497 e. The van der Waals surface area contributed by atoms with Crippen molar-refractivity contribution in [2.75, 3.05) is 7.11 Å². The van der Waals surface area contributed by atoms with E-state index in [0.717, 1.165) is 10.3 Å². The van der Waals surface area contributed by atoms with Crippen LogP contribution in [0.3, 0.4) is 0 Å². The summed E-state index contributed by atoms with van der Waals surface area (Å²) in [6.07, 6.45) is 1.63. The van der Waals surface area contributed by atoms with Gasteiger partial charge in [-0.15, -0.1) is 11.3 Å². The molecule has 27 heavy (non-hydrogen) atoms. The first-order valence-electron chi connectivity index (χ1n) is 7.70. The van der Waals surface area contributed by atoms with Crippen molar-refractivity contribution >= 4 is 74.2 Å². The molecule has 0 spiro atoms. The fourth-order valence-corrected chi connectivity index (χ4v) is 4.94. The van der Waals surface area contributed by atoms with Crippen LogP contribution in [0.2, 0.25) is 15.1 Å². The van der Waals surface area contributed by atoms with Crippen LogP contribution in [0.1, 0.15) is 10.4 Å². The molecule has 4 rings (SSSR count). The van der Waals surface area contributed by atoms with Crippen molar-refractivity contribution < 1.29 is 14.3 Å². The van der Waals surface area contributed by atoms with E-state index in [4.69, 9.17) is 44.3 Å². The number of methoxy groups -OCH3 is 1. The molecule has 0 unspecified atom stereocenters. The average Bonchev–Trinajstić information content (AvgIpc) is 3.15. The first-order chi connectivity index (χ1) is 13.0. The minimum Gasteiger partial charge on any atom is -0.497 e. The minimum atomic E-state index is -0.550. The Morgan fingerprint density at radius 3 is 2.78 bits per heavy atom. The van der Waals surface area contributed by atoms with Gasteiger partial charge in [0.1, 0.15) is 10.6 Å². The van der Waals surface area contributed by atoms with Gasteiger partial charge in [-0.3, -0.25) is 0 Å². The summed E-state index contributed by atoms with van der Waals surface area (Å²) in [6, 6.07) is 10.6. The van der Waals surface area contributed by atoms with Crippen molar-refractivity contribution in [3.63, 3.8) is 0 Å². The summed E-state index contributed by atoms with van der Waals surface area (Å²) in [5.74, 6) is 0.275. The first-order valence-corrected chi connectivity index (χ1v) is 9.65. The Labute approximate surface area is 173 Å². The summed E-state index contributed by atoms with van der Waals surface area (Å²) >= 11 is 20.1. The maximum Gasteiger partial charge on any atom is 0.363 e. The summed E-state index contributed by atoms with van der Waals surface area (Å²) in [4.78, 5) is 17.1. The van der Waals surface area contributed by atoms with Crippen LogP contribution in [0.25, 0.3) is 16.2 Å². The topological polar surface area (TPSA) is 47.9 Å². The fraction of sp³-hybridized carbons (Fsp3) is 0.0526. The molecule has 0 atom stereocenters. The van der Waals surface area contributed by atoms with Gasteiger partial charge in [0.2, 0.25) is 5.90 Å². The van der Waals surface area contributed by atoms with Crippen LogP contribution in [0, 0.1) is 0 Å². The lowest BCUT2D eigenvalue weighted by atomic mass is 10.2. The normalized spacial score (nSPS) is 15.3. The molecule has 0 amide bonds. The maximum absolute atomic E-state index is 12.2. The van der Waals surface area contributed by atoms with Gasteiger partial charge in [0.25, 0.3) is 0 Å². The van der Waals surface area contributed by atoms with Gasteiger partial charge in [0.15, 0.2) is 5.70 Å². The van der Waals surface area contributed by atoms with Gasteiger partial charge >= 0.3 is 5.97 Å². The van der Waals surface area contributed by atoms with Crippen LogP contribution in [-0.2, 0) is 9.53 Å². The summed E-state index contributed by atoms with van der Waals surface area (Å²) in [5, 5.41) is 1.97. The first kappa shape index (κ1) is 18.3. The zero-order valence-corrected chi connectivity index (χ0v) is 16.8. The van der Waals surface area contributed by atoms with Crippen LogP contribution in [-0.4, -0.2) is 19.0 Å². The number of carbonyl (C=O) groups is 1. The van der Waals surface area contributed by atoms with E-state index in [1.54, 1.807) is 31.4 Å². The molecule has 8 heteroatoms. The van der Waals surface area contributed by atoms with Gasteiger partial charge in [-0.2, -0.15) is 0 Å². The number of rotatable bonds is 3. The monoisotopic (exact) mass is 437 g/mol. The van der Waals surface area contributed by atoms with Crippen molar-refractivity contribution in [2.45, 2.75) is 0 Å². The smallest absolute Gasteiger partial charge is 0.363 e. The zero-order chi connectivity index (χ0) is 19.1. The lowest BCUT2D eigenvalue weighted by Gasteiger charge is -2.00. The molecule has 3 aromatic rings. The minimum absolute atomic E-state index is 0.146. The Kier molecular flexibility index (Phi) is 4.86. The number of benzene rings is 2. The highest BCUT2D eigenvalue weighted by atomic mass is 35.5. The van der Waals surface area contributed by atoms with Gasteiger partial charge in [-0.25, -0.2) is 9.79 Å². The van der Waals surface area contributed by atoms with Crippen LogP contribution in [0.15, 0.2) is 47.1 Å². The third kappa shape index (κ3) is 3.44. The number of ether oxygens (including phenoxy) is 2. The van der Waals surface area contributed by atoms with E-state index in [2.05, 4.69) is 4.99 Å². The van der Waals surface area contributed by atoms with E-state index in [-0.39, 0.29) is 11.6 Å². The number of halogens is 3. The molecule has 0 bridgehead atoms. The third-order valence-corrected chi connectivity index (χ3v) is 5.99. The Morgan fingerprint density at radius 2 is 2.00 bits per heavy atom. The number of fused-ring (bicyclic) bond motifs is 1. The van der Waals surface area contributed by atoms with E-state index in [0.29, 0.717) is 31.1 Å². The zero-order valence-electron chi connectivity index (χ0n) is 13.8. The lowest BCUT2D eigenvalue weighted by Crippen LogP contribution is -2.04. The number of esters is 1. The maximum atomic E-state index is 12.2. The number of carbonyl (C=O) groups excluding carboxylic acids is 1. The molecule has 136 valence electrons. The standard InChI is InChI=1S/C19H10Cl3NO3S/c1-25-11-4-2-3-9(5-11)6-13-19(24)26-18(23-13)17-16(22)15-12(21)7-10(20)8-14(15)27-17/h2-8H,1H3/b13-6-. The molecular weight excluding hydrogens is 429 g/mol. The summed E-state index contributed by atoms with van der Waals surface area (Å²) in [5.41, 5.74) is 0.944.